The van der Waals surface area contributed by atoms with Crippen molar-refractivity contribution in [2.75, 3.05) is 0 Å². The zero-order valence-corrected chi connectivity index (χ0v) is 28.3. The van der Waals surface area contributed by atoms with Crippen molar-refractivity contribution in [3.05, 3.63) is 169 Å². The molecule has 0 atom stereocenters. The van der Waals surface area contributed by atoms with E-state index >= 15 is 0 Å². The first-order valence-corrected chi connectivity index (χ1v) is 17.6. The van der Waals surface area contributed by atoms with E-state index in [1.165, 1.54) is 54.8 Å². The molecular weight excluding hydrogens is 621 g/mol. The molecule has 0 N–H and O–H groups in total. The Morgan fingerprint density at radius 2 is 1.04 bits per heavy atom. The van der Waals surface area contributed by atoms with Crippen molar-refractivity contribution >= 4 is 54.5 Å². The zero-order chi connectivity index (χ0) is 33.8. The van der Waals surface area contributed by atoms with Gasteiger partial charge in [0.2, 0.25) is 5.95 Å². The lowest BCUT2D eigenvalue weighted by Gasteiger charge is -2.22. The molecule has 0 amide bonds. The van der Waals surface area contributed by atoms with Crippen LogP contribution in [0, 0.1) is 0 Å². The second kappa shape index (κ2) is 10.3. The van der Waals surface area contributed by atoms with Crippen LogP contribution in [0.1, 0.15) is 25.0 Å². The summed E-state index contributed by atoms with van der Waals surface area (Å²) in [7, 11) is 0. The van der Waals surface area contributed by atoms with Crippen molar-refractivity contribution in [2.45, 2.75) is 19.3 Å². The third kappa shape index (κ3) is 3.85. The molecule has 0 spiro atoms. The van der Waals surface area contributed by atoms with Crippen molar-refractivity contribution in [3.8, 4) is 34.0 Å². The van der Waals surface area contributed by atoms with Crippen molar-refractivity contribution < 1.29 is 0 Å². The molecule has 240 valence electrons. The standard InChI is InChI=1S/C47H32N4/c1-47(2)36-22-12-9-19-31(36)34-27-35-38(28-37(34)47)48-46(49-45(35)29-15-5-3-6-16-29)51-40-24-14-11-21-33(40)44-42(51)26-25-41-43(44)32-20-10-13-23-39(32)50(41)30-17-7-4-8-18-30/h3-28H,1-2H3. The van der Waals surface area contributed by atoms with E-state index in [0.29, 0.717) is 5.95 Å². The molecule has 1 aliphatic rings. The Bertz CT molecular complexity index is 3040. The summed E-state index contributed by atoms with van der Waals surface area (Å²) in [6, 6.07) is 56.7. The number of hydrogen-bond acceptors (Lipinski definition) is 2. The van der Waals surface area contributed by atoms with Gasteiger partial charge >= 0.3 is 0 Å². The topological polar surface area (TPSA) is 35.6 Å². The minimum atomic E-state index is -0.135. The van der Waals surface area contributed by atoms with Crippen LogP contribution in [0.2, 0.25) is 0 Å². The van der Waals surface area contributed by atoms with Gasteiger partial charge in [-0.25, -0.2) is 9.97 Å². The SMILES string of the molecule is CC1(C)c2ccccc2-c2cc3c(-c4ccccc4)nc(-n4c5ccccc5c5c6c7ccccc7n(-c7ccccc7)c6ccc54)nc3cc21. The van der Waals surface area contributed by atoms with Gasteiger partial charge in [0, 0.05) is 43.6 Å². The van der Waals surface area contributed by atoms with E-state index in [1.807, 2.05) is 0 Å². The van der Waals surface area contributed by atoms with Gasteiger partial charge in [-0.2, -0.15) is 0 Å². The molecule has 4 nitrogen and oxygen atoms in total. The Morgan fingerprint density at radius 3 is 1.76 bits per heavy atom. The third-order valence-corrected chi connectivity index (χ3v) is 11.1. The lowest BCUT2D eigenvalue weighted by atomic mass is 9.82. The van der Waals surface area contributed by atoms with Crippen LogP contribution >= 0.6 is 0 Å². The molecule has 0 saturated heterocycles. The molecule has 7 aromatic carbocycles. The molecule has 51 heavy (non-hydrogen) atoms. The van der Waals surface area contributed by atoms with Crippen molar-refractivity contribution in [1.29, 1.82) is 0 Å². The van der Waals surface area contributed by atoms with Crippen LogP contribution in [-0.2, 0) is 5.41 Å². The average Bonchev–Trinajstić information content (AvgIpc) is 3.77. The summed E-state index contributed by atoms with van der Waals surface area (Å²) in [5, 5.41) is 5.93. The highest BCUT2D eigenvalue weighted by Crippen LogP contribution is 2.50. The highest BCUT2D eigenvalue weighted by Gasteiger charge is 2.36. The molecule has 1 aliphatic carbocycles. The van der Waals surface area contributed by atoms with Crippen LogP contribution in [-0.4, -0.2) is 19.1 Å². The first kappa shape index (κ1) is 28.3. The van der Waals surface area contributed by atoms with Crippen LogP contribution in [0.25, 0.3) is 88.5 Å². The lowest BCUT2D eigenvalue weighted by Crippen LogP contribution is -2.15. The largest absolute Gasteiger partial charge is 0.309 e. The molecule has 4 heteroatoms. The van der Waals surface area contributed by atoms with Gasteiger partial charge in [-0.05, 0) is 70.8 Å². The number of aromatic nitrogens is 4. The van der Waals surface area contributed by atoms with Gasteiger partial charge in [-0.1, -0.05) is 123 Å². The quantitative estimate of drug-likeness (QED) is 0.190. The summed E-state index contributed by atoms with van der Waals surface area (Å²) < 4.78 is 4.66. The molecule has 10 aromatic rings. The molecule has 0 radical (unpaired) electrons. The van der Waals surface area contributed by atoms with Crippen LogP contribution in [0.4, 0.5) is 0 Å². The summed E-state index contributed by atoms with van der Waals surface area (Å²) in [6.45, 7) is 4.65. The normalized spacial score (nSPS) is 13.5. The fraction of sp³-hybridized carbons (Fsp3) is 0.0638. The summed E-state index contributed by atoms with van der Waals surface area (Å²) in [6.07, 6.45) is 0. The minimum absolute atomic E-state index is 0.135. The molecule has 3 aromatic heterocycles. The minimum Gasteiger partial charge on any atom is -0.309 e. The first-order valence-electron chi connectivity index (χ1n) is 17.6. The maximum Gasteiger partial charge on any atom is 0.235 e. The fourth-order valence-electron chi connectivity index (χ4n) is 8.82. The summed E-state index contributed by atoms with van der Waals surface area (Å²) in [4.78, 5) is 10.9. The van der Waals surface area contributed by atoms with Crippen LogP contribution < -0.4 is 0 Å². The van der Waals surface area contributed by atoms with E-state index in [0.717, 1.165) is 38.9 Å². The fourth-order valence-corrected chi connectivity index (χ4v) is 8.82. The number of benzene rings is 7. The van der Waals surface area contributed by atoms with Gasteiger partial charge in [-0.15, -0.1) is 0 Å². The highest BCUT2D eigenvalue weighted by atomic mass is 15.2. The molecule has 0 bridgehead atoms. The van der Waals surface area contributed by atoms with E-state index in [2.05, 4.69) is 181 Å². The number of nitrogens with zero attached hydrogens (tertiary/aromatic N) is 4. The van der Waals surface area contributed by atoms with Gasteiger partial charge in [-0.3, -0.25) is 4.57 Å². The van der Waals surface area contributed by atoms with E-state index in [1.54, 1.807) is 0 Å². The number of para-hydroxylation sites is 3. The summed E-state index contributed by atoms with van der Waals surface area (Å²) in [5.41, 5.74) is 13.7. The molecule has 0 unspecified atom stereocenters. The Morgan fingerprint density at radius 1 is 0.451 bits per heavy atom. The molecule has 3 heterocycles. The maximum atomic E-state index is 5.47. The molecule has 0 fully saturated rings. The van der Waals surface area contributed by atoms with Crippen LogP contribution in [0.5, 0.6) is 0 Å². The maximum absolute atomic E-state index is 5.47. The second-order valence-corrected chi connectivity index (χ2v) is 14.2. The predicted molar refractivity (Wildman–Crippen MR) is 211 cm³/mol. The van der Waals surface area contributed by atoms with E-state index in [-0.39, 0.29) is 5.41 Å². The van der Waals surface area contributed by atoms with Gasteiger partial charge in [0.15, 0.2) is 0 Å². The first-order chi connectivity index (χ1) is 25.1. The second-order valence-electron chi connectivity index (χ2n) is 14.2. The van der Waals surface area contributed by atoms with Gasteiger partial charge in [0.1, 0.15) is 0 Å². The monoisotopic (exact) mass is 652 g/mol. The Labute approximate surface area is 294 Å². The Hall–Kier alpha value is -6.52. The average molecular weight is 653 g/mol. The number of rotatable bonds is 3. The third-order valence-electron chi connectivity index (χ3n) is 11.1. The Kier molecular flexibility index (Phi) is 5.70. The van der Waals surface area contributed by atoms with Crippen molar-refractivity contribution in [3.63, 3.8) is 0 Å². The summed E-state index contributed by atoms with van der Waals surface area (Å²) >= 11 is 0. The van der Waals surface area contributed by atoms with E-state index in [4.69, 9.17) is 9.97 Å². The van der Waals surface area contributed by atoms with Crippen LogP contribution in [0.15, 0.2) is 158 Å². The van der Waals surface area contributed by atoms with Crippen molar-refractivity contribution in [2.24, 2.45) is 0 Å². The zero-order valence-electron chi connectivity index (χ0n) is 28.3. The van der Waals surface area contributed by atoms with Gasteiger partial charge in [0.05, 0.1) is 33.3 Å². The van der Waals surface area contributed by atoms with Gasteiger partial charge in [0.25, 0.3) is 0 Å². The van der Waals surface area contributed by atoms with Crippen molar-refractivity contribution in [1.82, 2.24) is 19.1 Å². The molecule has 0 aliphatic heterocycles. The summed E-state index contributed by atoms with van der Waals surface area (Å²) in [5.74, 6) is 0.673. The molecule has 11 rings (SSSR count). The number of hydrogen-bond donors (Lipinski definition) is 0. The predicted octanol–water partition coefficient (Wildman–Crippen LogP) is 11.8. The lowest BCUT2D eigenvalue weighted by molar-refractivity contribution is 0.661. The van der Waals surface area contributed by atoms with E-state index in [9.17, 15) is 0 Å². The van der Waals surface area contributed by atoms with Crippen LogP contribution in [0.3, 0.4) is 0 Å². The highest BCUT2D eigenvalue weighted by molar-refractivity contribution is 6.28. The van der Waals surface area contributed by atoms with E-state index < -0.39 is 0 Å². The smallest absolute Gasteiger partial charge is 0.235 e. The number of fused-ring (bicyclic) bond motifs is 11. The molecular formula is C47H32N4. The molecule has 0 saturated carbocycles. The van der Waals surface area contributed by atoms with Gasteiger partial charge < -0.3 is 4.57 Å². The Balaban J connectivity index is 1.26.